The summed E-state index contributed by atoms with van der Waals surface area (Å²) < 4.78 is 17.7. The van der Waals surface area contributed by atoms with Crippen LogP contribution in [0.3, 0.4) is 0 Å². The molecule has 0 aliphatic rings. The molecule has 10 heteroatoms. The van der Waals surface area contributed by atoms with Crippen molar-refractivity contribution in [3.8, 4) is 17.3 Å². The summed E-state index contributed by atoms with van der Waals surface area (Å²) in [5, 5.41) is 15.9. The zero-order valence-electron chi connectivity index (χ0n) is 15.8. The predicted octanol–water partition coefficient (Wildman–Crippen LogP) is 3.08. The van der Waals surface area contributed by atoms with E-state index in [1.165, 1.54) is 12.1 Å². The van der Waals surface area contributed by atoms with Crippen LogP contribution in [0.15, 0.2) is 49.1 Å². The second-order valence-electron chi connectivity index (χ2n) is 6.65. The number of hydrogen-bond donors (Lipinski definition) is 1. The number of hydrogen-bond acceptors (Lipinski definition) is 5. The van der Waals surface area contributed by atoms with Gasteiger partial charge in [-0.2, -0.15) is 10.4 Å². The molecule has 0 saturated carbocycles. The molecule has 0 spiro atoms. The van der Waals surface area contributed by atoms with Gasteiger partial charge in [-0.3, -0.25) is 13.9 Å². The van der Waals surface area contributed by atoms with Crippen molar-refractivity contribution >= 4 is 23.3 Å². The molecule has 0 radical (unpaired) electrons. The van der Waals surface area contributed by atoms with Gasteiger partial charge in [0.25, 0.3) is 5.91 Å². The first-order valence-corrected chi connectivity index (χ1v) is 9.36. The van der Waals surface area contributed by atoms with Gasteiger partial charge in [0.05, 0.1) is 22.8 Å². The molecule has 0 aliphatic carbocycles. The highest BCUT2D eigenvalue weighted by Crippen LogP contribution is 2.29. The van der Waals surface area contributed by atoms with Crippen LogP contribution in [0, 0.1) is 17.1 Å². The third-order valence-electron chi connectivity index (χ3n) is 4.43. The van der Waals surface area contributed by atoms with Crippen molar-refractivity contribution in [2.75, 3.05) is 0 Å². The molecule has 1 aromatic carbocycles. The van der Waals surface area contributed by atoms with E-state index in [4.69, 9.17) is 16.9 Å². The summed E-state index contributed by atoms with van der Waals surface area (Å²) in [5.41, 5.74) is 0.905. The van der Waals surface area contributed by atoms with Gasteiger partial charge in [-0.25, -0.2) is 14.4 Å². The first-order valence-electron chi connectivity index (χ1n) is 8.99. The quantitative estimate of drug-likeness (QED) is 0.531. The Bertz CT molecular complexity index is 1260. The van der Waals surface area contributed by atoms with Crippen LogP contribution in [-0.4, -0.2) is 36.1 Å². The van der Waals surface area contributed by atoms with E-state index < -0.39 is 5.82 Å². The van der Waals surface area contributed by atoms with Gasteiger partial charge in [-0.05, 0) is 31.2 Å². The van der Waals surface area contributed by atoms with Crippen LogP contribution in [0.4, 0.5) is 4.39 Å². The summed E-state index contributed by atoms with van der Waals surface area (Å²) in [6.07, 6.45) is 6.65. The molecule has 1 amide bonds. The number of benzene rings is 1. The van der Waals surface area contributed by atoms with Gasteiger partial charge < -0.3 is 5.32 Å². The normalized spacial score (nSPS) is 11.9. The molecule has 1 atom stereocenters. The highest BCUT2D eigenvalue weighted by molar-refractivity contribution is 6.32. The summed E-state index contributed by atoms with van der Waals surface area (Å²) in [6, 6.07) is 7.88. The molecule has 8 nitrogen and oxygen atoms in total. The molecular weight excluding hydrogens is 409 g/mol. The van der Waals surface area contributed by atoms with Crippen LogP contribution in [0.5, 0.6) is 0 Å². The minimum atomic E-state index is -0.692. The Morgan fingerprint density at radius 2 is 2.20 bits per heavy atom. The number of fused-ring (bicyclic) bond motifs is 1. The lowest BCUT2D eigenvalue weighted by Gasteiger charge is -2.13. The fraction of sp³-hybridized carbons (Fsp3) is 0.150. The van der Waals surface area contributed by atoms with Crippen molar-refractivity contribution in [3.05, 3.63) is 71.2 Å². The molecule has 30 heavy (non-hydrogen) atoms. The second kappa shape index (κ2) is 7.93. The molecular formula is C20H15ClFN7O. The molecule has 3 aromatic heterocycles. The van der Waals surface area contributed by atoms with E-state index in [1.807, 2.05) is 13.0 Å². The van der Waals surface area contributed by atoms with E-state index in [2.05, 4.69) is 20.4 Å². The molecule has 1 unspecified atom stereocenters. The molecule has 0 bridgehead atoms. The van der Waals surface area contributed by atoms with Crippen LogP contribution < -0.4 is 5.32 Å². The maximum absolute atomic E-state index is 14.5. The van der Waals surface area contributed by atoms with E-state index in [-0.39, 0.29) is 33.8 Å². The molecule has 0 fully saturated rings. The van der Waals surface area contributed by atoms with Crippen molar-refractivity contribution in [2.45, 2.75) is 19.5 Å². The number of carbonyl (C=O) groups is 1. The Labute approximate surface area is 175 Å². The monoisotopic (exact) mass is 423 g/mol. The minimum Gasteiger partial charge on any atom is -0.346 e. The fourth-order valence-corrected chi connectivity index (χ4v) is 3.21. The number of amides is 1. The van der Waals surface area contributed by atoms with E-state index in [0.717, 1.165) is 0 Å². The third kappa shape index (κ3) is 3.73. The number of rotatable bonds is 5. The number of nitrogens with one attached hydrogen (secondary N) is 1. The summed E-state index contributed by atoms with van der Waals surface area (Å²) in [4.78, 5) is 20.7. The van der Waals surface area contributed by atoms with Gasteiger partial charge >= 0.3 is 0 Å². The number of carbonyl (C=O) groups excluding carboxylic acids is 1. The zero-order chi connectivity index (χ0) is 21.3. The van der Waals surface area contributed by atoms with Crippen molar-refractivity contribution in [1.29, 1.82) is 5.26 Å². The summed E-state index contributed by atoms with van der Waals surface area (Å²) in [5.74, 6) is -0.580. The van der Waals surface area contributed by atoms with Gasteiger partial charge in [0.2, 0.25) is 5.78 Å². The van der Waals surface area contributed by atoms with E-state index in [1.54, 1.807) is 46.0 Å². The maximum Gasteiger partial charge on any atom is 0.271 e. The Morgan fingerprint density at radius 1 is 1.37 bits per heavy atom. The zero-order valence-corrected chi connectivity index (χ0v) is 16.5. The Morgan fingerprint density at radius 3 is 2.97 bits per heavy atom. The van der Waals surface area contributed by atoms with Gasteiger partial charge in [-0.15, -0.1) is 0 Å². The molecule has 0 aliphatic heterocycles. The highest BCUT2D eigenvalue weighted by atomic mass is 35.5. The summed E-state index contributed by atoms with van der Waals surface area (Å²) in [7, 11) is 0. The number of nitrogens with zero attached hydrogens (tertiary/aromatic N) is 6. The largest absolute Gasteiger partial charge is 0.346 e. The molecule has 4 aromatic rings. The number of imidazole rings is 1. The smallest absolute Gasteiger partial charge is 0.271 e. The average molecular weight is 424 g/mol. The SMILES string of the molecule is CC(Cn1ccc(-c2ccc(C#N)c(Cl)c2F)n1)NC(=O)c1cn2cccnc2n1. The highest BCUT2D eigenvalue weighted by Gasteiger charge is 2.17. The average Bonchev–Trinajstić information content (AvgIpc) is 3.37. The predicted molar refractivity (Wildman–Crippen MR) is 107 cm³/mol. The number of halogens is 2. The molecule has 3 heterocycles. The second-order valence-corrected chi connectivity index (χ2v) is 7.03. The van der Waals surface area contributed by atoms with Crippen LogP contribution in [-0.2, 0) is 6.54 Å². The van der Waals surface area contributed by atoms with Gasteiger partial charge in [0.15, 0.2) is 5.82 Å². The van der Waals surface area contributed by atoms with Crippen molar-refractivity contribution in [1.82, 2.24) is 29.5 Å². The van der Waals surface area contributed by atoms with Crippen molar-refractivity contribution in [3.63, 3.8) is 0 Å². The minimum absolute atomic E-state index is 0.0656. The van der Waals surface area contributed by atoms with E-state index in [0.29, 0.717) is 18.0 Å². The van der Waals surface area contributed by atoms with Crippen LogP contribution in [0.25, 0.3) is 17.0 Å². The standard InChI is InChI=1S/C20H15ClFN7O/c1-12(25-19(30)16-11-28-7-2-6-24-20(28)26-16)10-29-8-5-15(27-29)14-4-3-13(9-23)17(21)18(14)22/h2-8,11-12H,10H2,1H3,(H,25,30). The van der Waals surface area contributed by atoms with Crippen molar-refractivity contribution in [2.24, 2.45) is 0 Å². The van der Waals surface area contributed by atoms with Gasteiger partial charge in [0.1, 0.15) is 11.8 Å². The van der Waals surface area contributed by atoms with E-state index >= 15 is 0 Å². The lowest BCUT2D eigenvalue weighted by Crippen LogP contribution is -2.36. The summed E-state index contributed by atoms with van der Waals surface area (Å²) in [6.45, 7) is 2.19. The van der Waals surface area contributed by atoms with Crippen LogP contribution >= 0.6 is 11.6 Å². The van der Waals surface area contributed by atoms with Crippen LogP contribution in [0.1, 0.15) is 23.0 Å². The van der Waals surface area contributed by atoms with E-state index in [9.17, 15) is 9.18 Å². The van der Waals surface area contributed by atoms with Gasteiger partial charge in [-0.1, -0.05) is 11.6 Å². The number of aromatic nitrogens is 5. The fourth-order valence-electron chi connectivity index (χ4n) is 3.00. The molecule has 4 rings (SSSR count). The third-order valence-corrected chi connectivity index (χ3v) is 4.80. The topological polar surface area (TPSA) is 101 Å². The lowest BCUT2D eigenvalue weighted by molar-refractivity contribution is 0.0931. The Balaban J connectivity index is 1.45. The van der Waals surface area contributed by atoms with Crippen LogP contribution in [0.2, 0.25) is 5.02 Å². The summed E-state index contributed by atoms with van der Waals surface area (Å²) >= 11 is 5.89. The maximum atomic E-state index is 14.5. The van der Waals surface area contributed by atoms with Crippen molar-refractivity contribution < 1.29 is 9.18 Å². The molecule has 1 N–H and O–H groups in total. The van der Waals surface area contributed by atoms with Gasteiger partial charge in [0, 0.05) is 36.4 Å². The molecule has 150 valence electrons. The lowest BCUT2D eigenvalue weighted by atomic mass is 10.1. The first kappa shape index (κ1) is 19.5. The number of nitriles is 1. The Kier molecular flexibility index (Phi) is 5.16. The molecule has 0 saturated heterocycles. The Hall–Kier alpha value is -3.77. The first-order chi connectivity index (χ1) is 14.5.